The van der Waals surface area contributed by atoms with Crippen LogP contribution in [0.2, 0.25) is 0 Å². The maximum atomic E-state index is 13.0. The van der Waals surface area contributed by atoms with Crippen molar-refractivity contribution in [1.29, 1.82) is 0 Å². The largest absolute Gasteiger partial charge is 0.465 e. The first-order valence-electron chi connectivity index (χ1n) is 10.9. The molecule has 0 bridgehead atoms. The number of rotatable bonds is 7. The molecule has 34 heavy (non-hydrogen) atoms. The summed E-state index contributed by atoms with van der Waals surface area (Å²) in [6, 6.07) is 11.7. The summed E-state index contributed by atoms with van der Waals surface area (Å²) >= 11 is 0. The number of piperidine rings is 1. The van der Waals surface area contributed by atoms with Crippen LogP contribution in [-0.4, -0.2) is 57.4 Å². The van der Waals surface area contributed by atoms with Crippen molar-refractivity contribution in [3.63, 3.8) is 0 Å². The van der Waals surface area contributed by atoms with Crippen LogP contribution in [0.4, 0.5) is 5.69 Å². The fourth-order valence-electron chi connectivity index (χ4n) is 3.99. The molecule has 1 fully saturated rings. The summed E-state index contributed by atoms with van der Waals surface area (Å²) in [4.78, 5) is 36.4. The first-order valence-corrected chi connectivity index (χ1v) is 12.3. The highest BCUT2D eigenvalue weighted by Crippen LogP contribution is 2.27. The molecule has 2 aromatic carbocycles. The van der Waals surface area contributed by atoms with Crippen LogP contribution in [0.5, 0.6) is 0 Å². The zero-order valence-electron chi connectivity index (χ0n) is 19.3. The Labute approximate surface area is 199 Å². The molecule has 10 heteroatoms. The Hall–Kier alpha value is -3.24. The molecule has 9 nitrogen and oxygen atoms in total. The highest BCUT2D eigenvalue weighted by molar-refractivity contribution is 7.89. The van der Waals surface area contributed by atoms with Crippen LogP contribution in [-0.2, 0) is 24.3 Å². The van der Waals surface area contributed by atoms with Gasteiger partial charge < -0.3 is 14.8 Å². The second kappa shape index (κ2) is 10.8. The van der Waals surface area contributed by atoms with E-state index in [2.05, 4.69) is 10.1 Å². The van der Waals surface area contributed by atoms with Gasteiger partial charge in [0.15, 0.2) is 6.61 Å². The maximum absolute atomic E-state index is 13.0. The summed E-state index contributed by atoms with van der Waals surface area (Å²) in [6.07, 6.45) is 0.985. The predicted octanol–water partition coefficient (Wildman–Crippen LogP) is 2.94. The smallest absolute Gasteiger partial charge is 0.339 e. The number of para-hydroxylation sites is 1. The maximum Gasteiger partial charge on any atom is 0.339 e. The molecule has 0 aromatic heterocycles. The van der Waals surface area contributed by atoms with Gasteiger partial charge in [0.2, 0.25) is 10.0 Å². The number of hydrogen-bond acceptors (Lipinski definition) is 7. The predicted molar refractivity (Wildman–Crippen MR) is 125 cm³/mol. The van der Waals surface area contributed by atoms with E-state index in [1.54, 1.807) is 12.1 Å². The second-order valence-corrected chi connectivity index (χ2v) is 10.4. The molecule has 1 heterocycles. The van der Waals surface area contributed by atoms with Gasteiger partial charge in [-0.05, 0) is 54.7 Å². The Bertz CT molecular complexity index is 1150. The van der Waals surface area contributed by atoms with E-state index in [4.69, 9.17) is 4.74 Å². The third-order valence-corrected chi connectivity index (χ3v) is 7.35. The van der Waals surface area contributed by atoms with Crippen molar-refractivity contribution in [2.24, 2.45) is 11.8 Å². The number of esters is 2. The van der Waals surface area contributed by atoms with Gasteiger partial charge in [0.05, 0.1) is 28.8 Å². The molecule has 2 aromatic rings. The Morgan fingerprint density at radius 1 is 0.971 bits per heavy atom. The number of sulfonamides is 1. The summed E-state index contributed by atoms with van der Waals surface area (Å²) in [5, 5.41) is 2.50. The number of carbonyl (C=O) groups is 3. The van der Waals surface area contributed by atoms with Gasteiger partial charge in [0.25, 0.3) is 5.91 Å². The fourth-order valence-corrected chi connectivity index (χ4v) is 5.67. The molecule has 3 rings (SSSR count). The molecule has 0 spiro atoms. The van der Waals surface area contributed by atoms with Gasteiger partial charge in [-0.25, -0.2) is 18.0 Å². The molecule has 2 atom stereocenters. The van der Waals surface area contributed by atoms with E-state index in [1.165, 1.54) is 47.8 Å². The van der Waals surface area contributed by atoms with Gasteiger partial charge in [0, 0.05) is 13.1 Å². The fraction of sp³-hybridized carbons (Fsp3) is 0.375. The van der Waals surface area contributed by atoms with Gasteiger partial charge in [-0.15, -0.1) is 0 Å². The number of methoxy groups -OCH3 is 1. The number of ether oxygens (including phenoxy) is 2. The van der Waals surface area contributed by atoms with Crippen LogP contribution in [0.1, 0.15) is 41.0 Å². The zero-order chi connectivity index (χ0) is 24.9. The third kappa shape index (κ3) is 6.00. The van der Waals surface area contributed by atoms with Gasteiger partial charge >= 0.3 is 11.9 Å². The Kier molecular flexibility index (Phi) is 8.06. The van der Waals surface area contributed by atoms with E-state index in [-0.39, 0.29) is 33.5 Å². The number of nitrogens with zero attached hydrogens (tertiary/aromatic N) is 1. The monoisotopic (exact) mass is 488 g/mol. The molecule has 0 aliphatic carbocycles. The normalized spacial score (nSPS) is 18.7. The summed E-state index contributed by atoms with van der Waals surface area (Å²) in [5.41, 5.74) is 0.507. The topological polar surface area (TPSA) is 119 Å². The van der Waals surface area contributed by atoms with Crippen LogP contribution in [0.15, 0.2) is 53.4 Å². The zero-order valence-corrected chi connectivity index (χ0v) is 20.1. The summed E-state index contributed by atoms with van der Waals surface area (Å²) in [6.45, 7) is 4.40. The summed E-state index contributed by atoms with van der Waals surface area (Å²) in [7, 11) is -2.44. The van der Waals surface area contributed by atoms with E-state index in [9.17, 15) is 22.8 Å². The Balaban J connectivity index is 1.60. The number of carbonyl (C=O) groups excluding carboxylic acids is 3. The molecule has 1 saturated heterocycles. The van der Waals surface area contributed by atoms with E-state index >= 15 is 0 Å². The van der Waals surface area contributed by atoms with E-state index < -0.39 is 34.5 Å². The lowest BCUT2D eigenvalue weighted by Gasteiger charge is -2.34. The number of benzene rings is 2. The average Bonchev–Trinajstić information content (AvgIpc) is 2.82. The van der Waals surface area contributed by atoms with Crippen molar-refractivity contribution in [1.82, 2.24) is 4.31 Å². The lowest BCUT2D eigenvalue weighted by atomic mass is 9.94. The van der Waals surface area contributed by atoms with Crippen molar-refractivity contribution in [2.75, 3.05) is 32.1 Å². The van der Waals surface area contributed by atoms with Gasteiger partial charge in [-0.1, -0.05) is 26.0 Å². The highest BCUT2D eigenvalue weighted by atomic mass is 32.2. The molecule has 1 aliphatic heterocycles. The van der Waals surface area contributed by atoms with Crippen LogP contribution < -0.4 is 5.32 Å². The van der Waals surface area contributed by atoms with Crippen molar-refractivity contribution < 1.29 is 32.3 Å². The van der Waals surface area contributed by atoms with E-state index in [0.717, 1.165) is 6.42 Å². The molecule has 1 amide bonds. The van der Waals surface area contributed by atoms with Crippen LogP contribution in [0, 0.1) is 11.8 Å². The Morgan fingerprint density at radius 3 is 2.21 bits per heavy atom. The molecule has 0 radical (unpaired) electrons. The van der Waals surface area contributed by atoms with Crippen LogP contribution in [0.25, 0.3) is 0 Å². The minimum atomic E-state index is -3.66. The van der Waals surface area contributed by atoms with Crippen molar-refractivity contribution in [2.45, 2.75) is 25.2 Å². The number of anilines is 1. The standard InChI is InChI=1S/C24H28N2O7S/c1-16-12-17(2)14-26(13-16)34(30,31)19-10-8-18(9-11-19)23(28)33-15-22(27)25-21-7-5-4-6-20(21)24(29)32-3/h4-11,16-17H,12-15H2,1-3H3,(H,25,27). The third-order valence-electron chi connectivity index (χ3n) is 5.50. The summed E-state index contributed by atoms with van der Waals surface area (Å²) in [5.74, 6) is -1.48. The average molecular weight is 489 g/mol. The molecular formula is C24H28N2O7S. The number of amides is 1. The second-order valence-electron chi connectivity index (χ2n) is 8.45. The molecule has 182 valence electrons. The van der Waals surface area contributed by atoms with Crippen LogP contribution in [0.3, 0.4) is 0 Å². The molecule has 1 aliphatic rings. The highest BCUT2D eigenvalue weighted by Gasteiger charge is 2.31. The van der Waals surface area contributed by atoms with Crippen molar-refractivity contribution >= 4 is 33.6 Å². The SMILES string of the molecule is COC(=O)c1ccccc1NC(=O)COC(=O)c1ccc(S(=O)(=O)N2CC(C)CC(C)C2)cc1. The van der Waals surface area contributed by atoms with Crippen molar-refractivity contribution in [3.05, 3.63) is 59.7 Å². The molecule has 2 unspecified atom stereocenters. The van der Waals surface area contributed by atoms with Crippen LogP contribution >= 0.6 is 0 Å². The molecule has 0 saturated carbocycles. The lowest BCUT2D eigenvalue weighted by molar-refractivity contribution is -0.119. The van der Waals surface area contributed by atoms with E-state index in [0.29, 0.717) is 13.1 Å². The minimum Gasteiger partial charge on any atom is -0.465 e. The first kappa shape index (κ1) is 25.4. The van der Waals surface area contributed by atoms with E-state index in [1.807, 2.05) is 13.8 Å². The molecular weight excluding hydrogens is 460 g/mol. The first-order chi connectivity index (χ1) is 16.1. The van der Waals surface area contributed by atoms with Gasteiger partial charge in [0.1, 0.15) is 0 Å². The quantitative estimate of drug-likeness (QED) is 0.595. The van der Waals surface area contributed by atoms with Gasteiger partial charge in [-0.2, -0.15) is 4.31 Å². The summed E-state index contributed by atoms with van der Waals surface area (Å²) < 4.78 is 37.1. The van der Waals surface area contributed by atoms with Gasteiger partial charge in [-0.3, -0.25) is 4.79 Å². The minimum absolute atomic E-state index is 0.0995. The van der Waals surface area contributed by atoms with Crippen molar-refractivity contribution in [3.8, 4) is 0 Å². The number of nitrogens with one attached hydrogen (secondary N) is 1. The Morgan fingerprint density at radius 2 is 1.59 bits per heavy atom. The lowest BCUT2D eigenvalue weighted by Crippen LogP contribution is -2.42. The number of hydrogen-bond donors (Lipinski definition) is 1. The molecule has 1 N–H and O–H groups in total.